The van der Waals surface area contributed by atoms with Crippen molar-refractivity contribution in [3.8, 4) is 16.9 Å². The van der Waals surface area contributed by atoms with Gasteiger partial charge in [0.15, 0.2) is 0 Å². The fourth-order valence-corrected chi connectivity index (χ4v) is 3.02. The summed E-state index contributed by atoms with van der Waals surface area (Å²) in [5, 5.41) is 12.3. The van der Waals surface area contributed by atoms with E-state index in [2.05, 4.69) is 53.5 Å². The number of hydrogen-bond donors (Lipinski definition) is 1. The second-order valence-electron chi connectivity index (χ2n) is 6.22. The molecular weight excluding hydrogens is 312 g/mol. The van der Waals surface area contributed by atoms with E-state index in [1.165, 1.54) is 11.1 Å². The number of rotatable bonds is 3. The molecule has 0 aliphatic carbocycles. The number of nitrogens with one attached hydrogen (secondary N) is 1. The minimum atomic E-state index is 0.839. The Labute approximate surface area is 146 Å². The van der Waals surface area contributed by atoms with Crippen molar-refractivity contribution in [3.63, 3.8) is 0 Å². The van der Waals surface area contributed by atoms with Crippen LogP contribution >= 0.6 is 0 Å². The molecule has 1 N–H and O–H groups in total. The summed E-state index contributed by atoms with van der Waals surface area (Å²) in [7, 11) is 3.80. The summed E-state index contributed by atoms with van der Waals surface area (Å²) < 4.78 is 3.76. The van der Waals surface area contributed by atoms with Crippen LogP contribution in [-0.4, -0.2) is 31.6 Å². The zero-order valence-electron chi connectivity index (χ0n) is 14.8. The van der Waals surface area contributed by atoms with E-state index in [-0.39, 0.29) is 0 Å². The first-order chi connectivity index (χ1) is 12.1. The average molecular weight is 332 g/mol. The molecule has 0 spiro atoms. The molecule has 1 aromatic carbocycles. The van der Waals surface area contributed by atoms with E-state index in [1.54, 1.807) is 4.68 Å². The zero-order valence-corrected chi connectivity index (χ0v) is 14.8. The summed E-state index contributed by atoms with van der Waals surface area (Å²) in [5.41, 5.74) is 8.11. The fraction of sp³-hybridized carbons (Fsp3) is 0.211. The van der Waals surface area contributed by atoms with E-state index in [9.17, 15) is 0 Å². The highest BCUT2D eigenvalue weighted by molar-refractivity contribution is 5.92. The van der Waals surface area contributed by atoms with Gasteiger partial charge in [-0.05, 0) is 37.1 Å². The number of benzene rings is 1. The van der Waals surface area contributed by atoms with Crippen LogP contribution in [0.4, 0.5) is 5.69 Å². The van der Waals surface area contributed by atoms with E-state index in [0.717, 1.165) is 33.7 Å². The maximum atomic E-state index is 4.89. The monoisotopic (exact) mass is 332 g/mol. The number of nitrogens with zero attached hydrogens (tertiary/aromatic N) is 5. The molecule has 6 heteroatoms. The number of pyridine rings is 1. The van der Waals surface area contributed by atoms with Crippen LogP contribution in [0.1, 0.15) is 11.1 Å². The standard InChI is InChI=1S/C19H20N6/c1-12-6-5-7-16(13(12)2)25-17-8-15(20-3)10-21-19(17)18(23-25)14-9-22-24(4)11-14/h5-11,20H,1-4H3. The van der Waals surface area contributed by atoms with Crippen LogP contribution in [0, 0.1) is 13.8 Å². The third-order valence-corrected chi connectivity index (χ3v) is 4.59. The normalized spacial score (nSPS) is 11.2. The number of aromatic nitrogens is 5. The lowest BCUT2D eigenvalue weighted by Crippen LogP contribution is -2.01. The van der Waals surface area contributed by atoms with Gasteiger partial charge in [0, 0.05) is 25.9 Å². The molecule has 0 fully saturated rings. The summed E-state index contributed by atoms with van der Waals surface area (Å²) in [4.78, 5) is 4.65. The molecule has 3 heterocycles. The maximum Gasteiger partial charge on any atom is 0.122 e. The predicted octanol–water partition coefficient (Wildman–Crippen LogP) is 3.48. The second kappa shape index (κ2) is 5.73. The summed E-state index contributed by atoms with van der Waals surface area (Å²) in [6, 6.07) is 8.35. The number of fused-ring (bicyclic) bond motifs is 1. The first-order valence-electron chi connectivity index (χ1n) is 8.20. The Balaban J connectivity index is 2.05. The molecule has 4 rings (SSSR count). The minimum absolute atomic E-state index is 0.839. The van der Waals surface area contributed by atoms with Gasteiger partial charge in [-0.2, -0.15) is 10.2 Å². The van der Waals surface area contributed by atoms with E-state index in [4.69, 9.17) is 5.10 Å². The zero-order chi connectivity index (χ0) is 17.6. The highest BCUT2D eigenvalue weighted by Crippen LogP contribution is 2.30. The van der Waals surface area contributed by atoms with Crippen molar-refractivity contribution in [2.75, 3.05) is 12.4 Å². The van der Waals surface area contributed by atoms with Gasteiger partial charge in [0.05, 0.1) is 29.3 Å². The highest BCUT2D eigenvalue weighted by Gasteiger charge is 2.17. The van der Waals surface area contributed by atoms with Gasteiger partial charge >= 0.3 is 0 Å². The summed E-state index contributed by atoms with van der Waals surface area (Å²) >= 11 is 0. The molecular formula is C19H20N6. The van der Waals surface area contributed by atoms with Gasteiger partial charge in [-0.25, -0.2) is 4.68 Å². The fourth-order valence-electron chi connectivity index (χ4n) is 3.02. The lowest BCUT2D eigenvalue weighted by molar-refractivity contribution is 0.768. The third kappa shape index (κ3) is 2.46. The summed E-state index contributed by atoms with van der Waals surface area (Å²) in [6.45, 7) is 4.24. The van der Waals surface area contributed by atoms with Gasteiger partial charge < -0.3 is 5.32 Å². The molecule has 0 saturated heterocycles. The largest absolute Gasteiger partial charge is 0.387 e. The quantitative estimate of drug-likeness (QED) is 0.624. The van der Waals surface area contributed by atoms with E-state index in [0.29, 0.717) is 0 Å². The Bertz CT molecular complexity index is 1070. The van der Waals surface area contributed by atoms with Gasteiger partial charge in [-0.1, -0.05) is 12.1 Å². The van der Waals surface area contributed by atoms with Crippen LogP contribution in [0.2, 0.25) is 0 Å². The topological polar surface area (TPSA) is 60.6 Å². The smallest absolute Gasteiger partial charge is 0.122 e. The number of hydrogen-bond acceptors (Lipinski definition) is 4. The van der Waals surface area contributed by atoms with Crippen LogP contribution in [0.25, 0.3) is 28.0 Å². The molecule has 126 valence electrons. The van der Waals surface area contributed by atoms with Crippen molar-refractivity contribution in [2.45, 2.75) is 13.8 Å². The molecule has 4 aromatic rings. The van der Waals surface area contributed by atoms with E-state index >= 15 is 0 Å². The molecule has 0 atom stereocenters. The van der Waals surface area contributed by atoms with Gasteiger partial charge in [-0.3, -0.25) is 9.67 Å². The third-order valence-electron chi connectivity index (χ3n) is 4.59. The van der Waals surface area contributed by atoms with Crippen molar-refractivity contribution < 1.29 is 0 Å². The van der Waals surface area contributed by atoms with Crippen molar-refractivity contribution in [3.05, 3.63) is 54.0 Å². The van der Waals surface area contributed by atoms with Crippen molar-refractivity contribution in [2.24, 2.45) is 7.05 Å². The lowest BCUT2D eigenvalue weighted by atomic mass is 10.1. The van der Waals surface area contributed by atoms with Crippen LogP contribution in [0.3, 0.4) is 0 Å². The number of anilines is 1. The number of aryl methyl sites for hydroxylation is 2. The predicted molar refractivity (Wildman–Crippen MR) is 100 cm³/mol. The van der Waals surface area contributed by atoms with Gasteiger partial charge in [0.25, 0.3) is 0 Å². The Morgan fingerprint density at radius 3 is 2.68 bits per heavy atom. The Morgan fingerprint density at radius 1 is 1.12 bits per heavy atom. The van der Waals surface area contributed by atoms with Crippen molar-refractivity contribution in [1.29, 1.82) is 0 Å². The lowest BCUT2D eigenvalue weighted by Gasteiger charge is -2.10. The highest BCUT2D eigenvalue weighted by atomic mass is 15.3. The Morgan fingerprint density at radius 2 is 1.96 bits per heavy atom. The first kappa shape index (κ1) is 15.4. The van der Waals surface area contributed by atoms with Gasteiger partial charge in [0.2, 0.25) is 0 Å². The molecule has 3 aromatic heterocycles. The molecule has 0 bridgehead atoms. The average Bonchev–Trinajstić information content (AvgIpc) is 3.20. The molecule has 6 nitrogen and oxygen atoms in total. The Kier molecular flexibility index (Phi) is 3.53. The van der Waals surface area contributed by atoms with Crippen molar-refractivity contribution in [1.82, 2.24) is 24.5 Å². The van der Waals surface area contributed by atoms with Crippen LogP contribution in [0.15, 0.2) is 42.9 Å². The molecule has 0 radical (unpaired) electrons. The molecule has 0 amide bonds. The van der Waals surface area contributed by atoms with Crippen LogP contribution < -0.4 is 5.32 Å². The summed E-state index contributed by atoms with van der Waals surface area (Å²) in [6.07, 6.45) is 5.61. The summed E-state index contributed by atoms with van der Waals surface area (Å²) in [5.74, 6) is 0. The Hall–Kier alpha value is -3.15. The molecule has 0 aliphatic heterocycles. The van der Waals surface area contributed by atoms with E-state index < -0.39 is 0 Å². The molecule has 0 unspecified atom stereocenters. The first-order valence-corrected chi connectivity index (χ1v) is 8.20. The van der Waals surface area contributed by atoms with Crippen molar-refractivity contribution >= 4 is 16.7 Å². The van der Waals surface area contributed by atoms with Crippen LogP contribution in [0.5, 0.6) is 0 Å². The molecule has 0 aliphatic rings. The van der Waals surface area contributed by atoms with Gasteiger partial charge in [0.1, 0.15) is 11.2 Å². The minimum Gasteiger partial charge on any atom is -0.387 e. The van der Waals surface area contributed by atoms with E-state index in [1.807, 2.05) is 37.4 Å². The van der Waals surface area contributed by atoms with Crippen LogP contribution in [-0.2, 0) is 7.05 Å². The second-order valence-corrected chi connectivity index (χ2v) is 6.22. The maximum absolute atomic E-state index is 4.89. The van der Waals surface area contributed by atoms with Gasteiger partial charge in [-0.15, -0.1) is 0 Å². The molecule has 0 saturated carbocycles. The molecule has 25 heavy (non-hydrogen) atoms. The SMILES string of the molecule is CNc1cnc2c(-c3cnn(C)c3)nn(-c3cccc(C)c3C)c2c1.